The maximum atomic E-state index is 11.1. The Morgan fingerprint density at radius 3 is 2.55 bits per heavy atom. The van der Waals surface area contributed by atoms with Gasteiger partial charge in [0.1, 0.15) is 0 Å². The Kier molecular flexibility index (Phi) is 2.68. The van der Waals surface area contributed by atoms with Crippen LogP contribution in [0, 0.1) is 6.92 Å². The van der Waals surface area contributed by atoms with Gasteiger partial charge in [0, 0.05) is 16.2 Å². The standard InChI is InChI=1S/C8H9ClOS/c1-6-7(9)4-3-5-8(6)11(2)10/h3-5H,1-2H3. The van der Waals surface area contributed by atoms with Crippen molar-refractivity contribution < 1.29 is 4.21 Å². The van der Waals surface area contributed by atoms with Crippen LogP contribution in [0.15, 0.2) is 23.1 Å². The molecule has 1 rings (SSSR count). The van der Waals surface area contributed by atoms with E-state index in [1.165, 1.54) is 0 Å². The van der Waals surface area contributed by atoms with Crippen LogP contribution in [0.5, 0.6) is 0 Å². The van der Waals surface area contributed by atoms with Gasteiger partial charge in [0.2, 0.25) is 0 Å². The van der Waals surface area contributed by atoms with E-state index in [9.17, 15) is 4.21 Å². The Morgan fingerprint density at radius 2 is 2.09 bits per heavy atom. The third-order valence-corrected chi connectivity index (χ3v) is 3.00. The Balaban J connectivity index is 3.27. The summed E-state index contributed by atoms with van der Waals surface area (Å²) in [5.41, 5.74) is 0.912. The van der Waals surface area contributed by atoms with E-state index < -0.39 is 10.8 Å². The monoisotopic (exact) mass is 188 g/mol. The van der Waals surface area contributed by atoms with Crippen molar-refractivity contribution in [1.29, 1.82) is 0 Å². The van der Waals surface area contributed by atoms with Crippen molar-refractivity contribution >= 4 is 22.4 Å². The second-order valence-corrected chi connectivity index (χ2v) is 4.07. The maximum absolute atomic E-state index is 11.1. The van der Waals surface area contributed by atoms with Gasteiger partial charge in [0.25, 0.3) is 0 Å². The van der Waals surface area contributed by atoms with Gasteiger partial charge in [0.15, 0.2) is 0 Å². The molecule has 0 saturated carbocycles. The van der Waals surface area contributed by atoms with E-state index in [-0.39, 0.29) is 0 Å². The zero-order chi connectivity index (χ0) is 8.43. The molecule has 0 aromatic heterocycles. The van der Waals surface area contributed by atoms with Crippen molar-refractivity contribution in [2.75, 3.05) is 6.26 Å². The van der Waals surface area contributed by atoms with Crippen LogP contribution in [0.1, 0.15) is 5.56 Å². The highest BCUT2D eigenvalue weighted by atomic mass is 35.5. The van der Waals surface area contributed by atoms with Crippen LogP contribution in [0.2, 0.25) is 5.02 Å². The van der Waals surface area contributed by atoms with E-state index in [2.05, 4.69) is 0 Å². The lowest BCUT2D eigenvalue weighted by atomic mass is 10.2. The molecule has 1 atom stereocenters. The number of benzene rings is 1. The first-order chi connectivity index (χ1) is 5.13. The predicted molar refractivity (Wildman–Crippen MR) is 48.5 cm³/mol. The molecule has 1 unspecified atom stereocenters. The Bertz CT molecular complexity index is 296. The van der Waals surface area contributed by atoms with Crippen molar-refractivity contribution in [3.63, 3.8) is 0 Å². The van der Waals surface area contributed by atoms with Crippen LogP contribution < -0.4 is 0 Å². The van der Waals surface area contributed by atoms with E-state index in [4.69, 9.17) is 11.6 Å². The Hall–Kier alpha value is -0.340. The van der Waals surface area contributed by atoms with Gasteiger partial charge in [-0.2, -0.15) is 0 Å². The minimum atomic E-state index is -0.935. The van der Waals surface area contributed by atoms with Crippen molar-refractivity contribution in [1.82, 2.24) is 0 Å². The molecule has 0 spiro atoms. The predicted octanol–water partition coefficient (Wildman–Crippen LogP) is 2.39. The molecule has 60 valence electrons. The van der Waals surface area contributed by atoms with Crippen LogP contribution in [0.25, 0.3) is 0 Å². The topological polar surface area (TPSA) is 17.1 Å². The molecule has 0 amide bonds. The summed E-state index contributed by atoms with van der Waals surface area (Å²) in [6.45, 7) is 1.87. The highest BCUT2D eigenvalue weighted by Gasteiger charge is 2.03. The smallest absolute Gasteiger partial charge is 0.0501 e. The highest BCUT2D eigenvalue weighted by molar-refractivity contribution is 7.84. The summed E-state index contributed by atoms with van der Waals surface area (Å²) in [5, 5.41) is 0.678. The number of hydrogen-bond acceptors (Lipinski definition) is 1. The lowest BCUT2D eigenvalue weighted by molar-refractivity contribution is 0.686. The van der Waals surface area contributed by atoms with Gasteiger partial charge in [-0.15, -0.1) is 0 Å². The normalized spacial score (nSPS) is 13.0. The second kappa shape index (κ2) is 3.37. The van der Waals surface area contributed by atoms with Crippen LogP contribution in [-0.4, -0.2) is 10.5 Å². The van der Waals surface area contributed by atoms with Crippen molar-refractivity contribution in [3.05, 3.63) is 28.8 Å². The first-order valence-corrected chi connectivity index (χ1v) is 5.15. The zero-order valence-electron chi connectivity index (χ0n) is 6.43. The van der Waals surface area contributed by atoms with Gasteiger partial charge in [0.05, 0.1) is 10.8 Å². The lowest BCUT2D eigenvalue weighted by Crippen LogP contribution is -1.91. The second-order valence-electron chi connectivity index (χ2n) is 2.32. The number of hydrogen-bond donors (Lipinski definition) is 0. The third-order valence-electron chi connectivity index (χ3n) is 1.53. The fourth-order valence-corrected chi connectivity index (χ4v) is 1.94. The number of rotatable bonds is 1. The average molecular weight is 189 g/mol. The molecule has 0 bridgehead atoms. The van der Waals surface area contributed by atoms with Crippen molar-refractivity contribution in [3.8, 4) is 0 Å². The van der Waals surface area contributed by atoms with Gasteiger partial charge in [-0.05, 0) is 24.6 Å². The maximum Gasteiger partial charge on any atom is 0.0501 e. The van der Waals surface area contributed by atoms with E-state index in [0.29, 0.717) is 5.02 Å². The van der Waals surface area contributed by atoms with Gasteiger partial charge >= 0.3 is 0 Å². The average Bonchev–Trinajstić information content (AvgIpc) is 1.94. The van der Waals surface area contributed by atoms with Crippen LogP contribution >= 0.6 is 11.6 Å². The summed E-state index contributed by atoms with van der Waals surface area (Å²) in [6, 6.07) is 5.44. The molecule has 0 aliphatic carbocycles. The minimum absolute atomic E-state index is 0.678. The summed E-state index contributed by atoms with van der Waals surface area (Å²) in [5.74, 6) is 0. The van der Waals surface area contributed by atoms with E-state index in [1.54, 1.807) is 12.3 Å². The molecule has 1 nitrogen and oxygen atoms in total. The Labute approximate surface area is 73.8 Å². The largest absolute Gasteiger partial charge is 0.255 e. The lowest BCUT2D eigenvalue weighted by Gasteiger charge is -2.02. The Morgan fingerprint density at radius 1 is 1.45 bits per heavy atom. The summed E-state index contributed by atoms with van der Waals surface area (Å²) < 4.78 is 11.1. The van der Waals surface area contributed by atoms with Crippen LogP contribution in [0.3, 0.4) is 0 Å². The fraction of sp³-hybridized carbons (Fsp3) is 0.250. The first-order valence-electron chi connectivity index (χ1n) is 3.21. The molecular weight excluding hydrogens is 180 g/mol. The van der Waals surface area contributed by atoms with Crippen LogP contribution in [0.4, 0.5) is 0 Å². The molecule has 0 heterocycles. The molecule has 1 aromatic carbocycles. The zero-order valence-corrected chi connectivity index (χ0v) is 8.00. The highest BCUT2D eigenvalue weighted by Crippen LogP contribution is 2.20. The third kappa shape index (κ3) is 1.82. The van der Waals surface area contributed by atoms with Gasteiger partial charge < -0.3 is 0 Å². The molecule has 1 aromatic rings. The molecule has 0 aliphatic heterocycles. The minimum Gasteiger partial charge on any atom is -0.255 e. The molecule has 3 heteroatoms. The molecule has 0 fully saturated rings. The fourth-order valence-electron chi connectivity index (χ4n) is 0.899. The van der Waals surface area contributed by atoms with E-state index in [1.807, 2.05) is 19.1 Å². The molecule has 11 heavy (non-hydrogen) atoms. The van der Waals surface area contributed by atoms with Gasteiger partial charge in [-0.1, -0.05) is 17.7 Å². The first kappa shape index (κ1) is 8.75. The summed E-state index contributed by atoms with van der Waals surface area (Å²) in [7, 11) is -0.935. The summed E-state index contributed by atoms with van der Waals surface area (Å²) in [4.78, 5) is 0.817. The van der Waals surface area contributed by atoms with E-state index >= 15 is 0 Å². The van der Waals surface area contributed by atoms with Crippen molar-refractivity contribution in [2.24, 2.45) is 0 Å². The molecular formula is C8H9ClOS. The van der Waals surface area contributed by atoms with Crippen molar-refractivity contribution in [2.45, 2.75) is 11.8 Å². The molecule has 0 radical (unpaired) electrons. The summed E-state index contributed by atoms with van der Waals surface area (Å²) in [6.07, 6.45) is 1.65. The van der Waals surface area contributed by atoms with E-state index in [0.717, 1.165) is 10.5 Å². The molecule has 0 saturated heterocycles. The SMILES string of the molecule is Cc1c(Cl)cccc1S(C)=O. The van der Waals surface area contributed by atoms with Gasteiger partial charge in [-0.25, -0.2) is 0 Å². The van der Waals surface area contributed by atoms with Gasteiger partial charge in [-0.3, -0.25) is 4.21 Å². The summed E-state index contributed by atoms with van der Waals surface area (Å²) >= 11 is 5.82. The van der Waals surface area contributed by atoms with Crippen LogP contribution in [-0.2, 0) is 10.8 Å². The molecule has 0 N–H and O–H groups in total. The number of halogens is 1. The quantitative estimate of drug-likeness (QED) is 0.662. The molecule has 0 aliphatic rings.